The molecule has 10 heteroatoms. The predicted octanol–water partition coefficient (Wildman–Crippen LogP) is 0.873. The van der Waals surface area contributed by atoms with Crippen molar-refractivity contribution in [2.24, 2.45) is 11.1 Å². The Morgan fingerprint density at radius 3 is 2.74 bits per heavy atom. The third-order valence-corrected chi connectivity index (χ3v) is 8.33. The van der Waals surface area contributed by atoms with Crippen LogP contribution >= 0.6 is 11.3 Å². The number of hydrogen-bond acceptors (Lipinski definition) is 6. The van der Waals surface area contributed by atoms with Crippen LogP contribution in [-0.2, 0) is 20.0 Å². The van der Waals surface area contributed by atoms with Crippen LogP contribution in [0.4, 0.5) is 0 Å². The Hall–Kier alpha value is -0.780. The summed E-state index contributed by atoms with van der Waals surface area (Å²) >= 11 is 0.709. The molecule has 1 aliphatic heterocycles. The molecule has 1 aromatic rings. The van der Waals surface area contributed by atoms with Gasteiger partial charge in [0.05, 0.1) is 0 Å². The van der Waals surface area contributed by atoms with Gasteiger partial charge < -0.3 is 5.32 Å². The standard InChI is InChI=1S/C13H21N3O4S3/c1-4-5-15-11-8-16(7-9(2)3)23(19,20)13-10(11)6-12(21-13)22(14,17)18/h4,6,9,11,15H,1,5,7-8H2,2-3H3,(H2,14,17,18)/t11-/m0/s1. The zero-order valence-corrected chi connectivity index (χ0v) is 15.5. The Bertz CT molecular complexity index is 796. The van der Waals surface area contributed by atoms with Gasteiger partial charge >= 0.3 is 0 Å². The fourth-order valence-electron chi connectivity index (χ4n) is 2.45. The first-order valence-electron chi connectivity index (χ1n) is 7.08. The van der Waals surface area contributed by atoms with Crippen molar-refractivity contribution < 1.29 is 16.8 Å². The highest BCUT2D eigenvalue weighted by Crippen LogP contribution is 2.40. The third-order valence-electron chi connectivity index (χ3n) is 3.40. The minimum absolute atomic E-state index is 0.0509. The molecular weight excluding hydrogens is 358 g/mol. The maximum atomic E-state index is 12.8. The lowest BCUT2D eigenvalue weighted by Crippen LogP contribution is -2.44. The quantitative estimate of drug-likeness (QED) is 0.713. The highest BCUT2D eigenvalue weighted by Gasteiger charge is 2.39. The lowest BCUT2D eigenvalue weighted by Gasteiger charge is -2.33. The zero-order chi connectivity index (χ0) is 17.4. The second-order valence-corrected chi connectivity index (χ2v) is 10.8. The molecule has 0 saturated carbocycles. The van der Waals surface area contributed by atoms with E-state index in [4.69, 9.17) is 5.14 Å². The molecule has 0 unspecified atom stereocenters. The van der Waals surface area contributed by atoms with E-state index < -0.39 is 20.0 Å². The van der Waals surface area contributed by atoms with Crippen molar-refractivity contribution in [1.82, 2.24) is 9.62 Å². The summed E-state index contributed by atoms with van der Waals surface area (Å²) in [5.74, 6) is 0.157. The highest BCUT2D eigenvalue weighted by molar-refractivity contribution is 7.94. The maximum absolute atomic E-state index is 12.8. The Morgan fingerprint density at radius 2 is 2.22 bits per heavy atom. The van der Waals surface area contributed by atoms with Crippen molar-refractivity contribution in [1.29, 1.82) is 0 Å². The van der Waals surface area contributed by atoms with Crippen LogP contribution in [0.15, 0.2) is 27.1 Å². The molecule has 3 N–H and O–H groups in total. The Morgan fingerprint density at radius 1 is 1.57 bits per heavy atom. The monoisotopic (exact) mass is 379 g/mol. The smallest absolute Gasteiger partial charge is 0.253 e. The molecule has 1 atom stereocenters. The van der Waals surface area contributed by atoms with Gasteiger partial charge in [0, 0.05) is 31.2 Å². The van der Waals surface area contributed by atoms with Crippen LogP contribution in [0.3, 0.4) is 0 Å². The first-order chi connectivity index (χ1) is 10.6. The molecule has 7 nitrogen and oxygen atoms in total. The summed E-state index contributed by atoms with van der Waals surface area (Å²) in [6.07, 6.45) is 1.67. The van der Waals surface area contributed by atoms with Crippen LogP contribution in [0.5, 0.6) is 0 Å². The van der Waals surface area contributed by atoms with Crippen LogP contribution < -0.4 is 10.5 Å². The summed E-state index contributed by atoms with van der Waals surface area (Å²) in [5.41, 5.74) is 0.459. The Balaban J connectivity index is 2.55. The van der Waals surface area contributed by atoms with E-state index in [0.29, 0.717) is 30.0 Å². The molecule has 0 amide bonds. The van der Waals surface area contributed by atoms with Gasteiger partial charge in [0.2, 0.25) is 10.0 Å². The van der Waals surface area contributed by atoms with E-state index in [-0.39, 0.29) is 26.9 Å². The molecule has 130 valence electrons. The normalized spacial score (nSPS) is 21.3. The molecule has 0 aliphatic carbocycles. The molecule has 1 aromatic heterocycles. The average Bonchev–Trinajstić information content (AvgIpc) is 2.86. The minimum Gasteiger partial charge on any atom is -0.305 e. The summed E-state index contributed by atoms with van der Waals surface area (Å²) in [6.45, 7) is 8.61. The van der Waals surface area contributed by atoms with Crippen molar-refractivity contribution in [2.75, 3.05) is 19.6 Å². The first kappa shape index (κ1) is 18.6. The number of nitrogens with two attached hydrogens (primary N) is 1. The number of sulfonamides is 2. The van der Waals surface area contributed by atoms with Crippen molar-refractivity contribution in [3.05, 3.63) is 24.3 Å². The average molecular weight is 380 g/mol. The van der Waals surface area contributed by atoms with Gasteiger partial charge in [0.1, 0.15) is 8.42 Å². The van der Waals surface area contributed by atoms with E-state index in [9.17, 15) is 16.8 Å². The molecule has 23 heavy (non-hydrogen) atoms. The number of nitrogens with zero attached hydrogens (tertiary/aromatic N) is 1. The zero-order valence-electron chi connectivity index (χ0n) is 13.0. The molecule has 2 heterocycles. The van der Waals surface area contributed by atoms with Gasteiger partial charge in [0.15, 0.2) is 0 Å². The summed E-state index contributed by atoms with van der Waals surface area (Å²) < 4.78 is 50.0. The van der Waals surface area contributed by atoms with Gasteiger partial charge in [-0.1, -0.05) is 19.9 Å². The number of nitrogens with one attached hydrogen (secondary N) is 1. The summed E-state index contributed by atoms with van der Waals surface area (Å²) in [6, 6.07) is 1.07. The van der Waals surface area contributed by atoms with Crippen LogP contribution in [-0.4, -0.2) is 40.8 Å². The van der Waals surface area contributed by atoms with E-state index in [1.807, 2.05) is 13.8 Å². The van der Waals surface area contributed by atoms with E-state index >= 15 is 0 Å². The van der Waals surface area contributed by atoms with Crippen LogP contribution in [0, 0.1) is 5.92 Å². The largest absolute Gasteiger partial charge is 0.305 e. The minimum atomic E-state index is -3.94. The Kier molecular flexibility index (Phi) is 5.34. The molecular formula is C13H21N3O4S3. The highest BCUT2D eigenvalue weighted by atomic mass is 32.3. The summed E-state index contributed by atoms with van der Waals surface area (Å²) in [5, 5.41) is 8.34. The van der Waals surface area contributed by atoms with Crippen LogP contribution in [0.25, 0.3) is 0 Å². The number of thiophene rings is 1. The van der Waals surface area contributed by atoms with Crippen molar-refractivity contribution in [3.8, 4) is 0 Å². The van der Waals surface area contributed by atoms with Gasteiger partial charge in [-0.25, -0.2) is 22.0 Å². The van der Waals surface area contributed by atoms with Crippen molar-refractivity contribution in [3.63, 3.8) is 0 Å². The summed E-state index contributed by atoms with van der Waals surface area (Å²) in [4.78, 5) is 0. The lowest BCUT2D eigenvalue weighted by molar-refractivity contribution is 0.318. The molecule has 0 fully saturated rings. The second-order valence-electron chi connectivity index (χ2n) is 5.82. The molecule has 0 spiro atoms. The van der Waals surface area contributed by atoms with Gasteiger partial charge in [-0.2, -0.15) is 4.31 Å². The van der Waals surface area contributed by atoms with E-state index in [1.54, 1.807) is 6.08 Å². The van der Waals surface area contributed by atoms with Gasteiger partial charge in [-0.3, -0.25) is 0 Å². The van der Waals surface area contributed by atoms with Gasteiger partial charge in [0.25, 0.3) is 10.0 Å². The number of primary sulfonamides is 1. The molecule has 0 bridgehead atoms. The van der Waals surface area contributed by atoms with Gasteiger partial charge in [-0.15, -0.1) is 17.9 Å². The molecule has 0 saturated heterocycles. The van der Waals surface area contributed by atoms with E-state index in [2.05, 4.69) is 11.9 Å². The fraction of sp³-hybridized carbons (Fsp3) is 0.538. The third kappa shape index (κ3) is 3.83. The fourth-order valence-corrected chi connectivity index (χ4v) is 6.88. The summed E-state index contributed by atoms with van der Waals surface area (Å²) in [7, 11) is -7.65. The van der Waals surface area contributed by atoms with Crippen molar-refractivity contribution in [2.45, 2.75) is 28.3 Å². The van der Waals surface area contributed by atoms with Gasteiger partial charge in [-0.05, 0) is 12.0 Å². The number of hydrogen-bond donors (Lipinski definition) is 2. The number of rotatable bonds is 6. The Labute approximate surface area is 141 Å². The first-order valence-corrected chi connectivity index (χ1v) is 10.9. The van der Waals surface area contributed by atoms with Crippen LogP contribution in [0.1, 0.15) is 25.5 Å². The van der Waals surface area contributed by atoms with E-state index in [1.165, 1.54) is 10.4 Å². The van der Waals surface area contributed by atoms with Crippen LogP contribution in [0.2, 0.25) is 0 Å². The topological polar surface area (TPSA) is 110 Å². The van der Waals surface area contributed by atoms with Crippen molar-refractivity contribution >= 4 is 31.4 Å². The predicted molar refractivity (Wildman–Crippen MR) is 90.2 cm³/mol. The SMILES string of the molecule is C=CCN[C@H]1CN(CC(C)C)S(=O)(=O)c2sc(S(N)(=O)=O)cc21. The van der Waals surface area contributed by atoms with E-state index in [0.717, 1.165) is 0 Å². The second kappa shape index (κ2) is 6.61. The maximum Gasteiger partial charge on any atom is 0.253 e. The molecule has 0 radical (unpaired) electrons. The number of fused-ring (bicyclic) bond motifs is 1. The molecule has 2 rings (SSSR count). The lowest BCUT2D eigenvalue weighted by atomic mass is 10.1. The molecule has 1 aliphatic rings. The molecule has 0 aromatic carbocycles.